The number of fused-ring (bicyclic) bond motifs is 1. The number of para-hydroxylation sites is 2. The molecule has 0 aliphatic carbocycles. The van der Waals surface area contributed by atoms with Crippen LogP contribution in [0.5, 0.6) is 11.6 Å². The van der Waals surface area contributed by atoms with Gasteiger partial charge in [-0.25, -0.2) is 27.2 Å². The van der Waals surface area contributed by atoms with E-state index in [9.17, 15) is 22.0 Å². The molecular weight excluding hydrogens is 538 g/mol. The Labute approximate surface area is 228 Å². The molecule has 0 unspecified atom stereocenters. The van der Waals surface area contributed by atoms with Crippen LogP contribution in [0.2, 0.25) is 0 Å². The highest BCUT2D eigenvalue weighted by molar-refractivity contribution is 7.92. The van der Waals surface area contributed by atoms with Crippen molar-refractivity contribution in [1.82, 2.24) is 9.97 Å². The third-order valence-electron chi connectivity index (χ3n) is 6.03. The quantitative estimate of drug-likeness (QED) is 0.239. The van der Waals surface area contributed by atoms with Gasteiger partial charge in [-0.2, -0.15) is 0 Å². The van der Waals surface area contributed by atoms with Crippen LogP contribution < -0.4 is 14.8 Å². The first-order valence-electron chi connectivity index (χ1n) is 12.0. The standard InChI is InChI=1S/C29H22F2N4O4S/c1-17-16-19(30)10-15-26(17)39-29-27(33-24-7-3-4-8-25(24)34-29)28(36)32-20-11-13-21(14-12-20)40(37,38)35-23-9-5-6-22(31)18(23)2/h3-16,35H,1-2H3,(H,32,36). The van der Waals surface area contributed by atoms with Gasteiger partial charge in [0, 0.05) is 11.3 Å². The number of halogens is 2. The van der Waals surface area contributed by atoms with Crippen molar-refractivity contribution in [2.24, 2.45) is 0 Å². The lowest BCUT2D eigenvalue weighted by atomic mass is 10.2. The first-order valence-corrected chi connectivity index (χ1v) is 13.5. The molecule has 4 aromatic carbocycles. The molecule has 0 bridgehead atoms. The van der Waals surface area contributed by atoms with Gasteiger partial charge in [-0.1, -0.05) is 18.2 Å². The maximum Gasteiger partial charge on any atom is 0.279 e. The van der Waals surface area contributed by atoms with Crippen molar-refractivity contribution < 1.29 is 26.7 Å². The average molecular weight is 561 g/mol. The second kappa shape index (κ2) is 10.7. The summed E-state index contributed by atoms with van der Waals surface area (Å²) in [5.41, 5.74) is 1.89. The number of sulfonamides is 1. The third-order valence-corrected chi connectivity index (χ3v) is 7.41. The highest BCUT2D eigenvalue weighted by Gasteiger charge is 2.21. The second-order valence-corrected chi connectivity index (χ2v) is 10.6. The van der Waals surface area contributed by atoms with Crippen molar-refractivity contribution in [2.45, 2.75) is 18.7 Å². The molecule has 40 heavy (non-hydrogen) atoms. The minimum Gasteiger partial charge on any atom is -0.437 e. The lowest BCUT2D eigenvalue weighted by Gasteiger charge is -2.13. The summed E-state index contributed by atoms with van der Waals surface area (Å²) in [6, 6.07) is 20.4. The Balaban J connectivity index is 1.41. The Bertz CT molecular complexity index is 1860. The topological polar surface area (TPSA) is 110 Å². The normalized spacial score (nSPS) is 11.3. The summed E-state index contributed by atoms with van der Waals surface area (Å²) in [5, 5.41) is 2.67. The summed E-state index contributed by atoms with van der Waals surface area (Å²) in [5.74, 6) is -1.40. The number of anilines is 2. The predicted octanol–water partition coefficient (Wildman–Crippen LogP) is 6.37. The fourth-order valence-corrected chi connectivity index (χ4v) is 4.99. The van der Waals surface area contributed by atoms with E-state index in [4.69, 9.17) is 4.74 Å². The predicted molar refractivity (Wildman–Crippen MR) is 147 cm³/mol. The van der Waals surface area contributed by atoms with Gasteiger partial charge in [0.15, 0.2) is 5.69 Å². The maximum absolute atomic E-state index is 13.8. The SMILES string of the molecule is Cc1cc(F)ccc1Oc1nc2ccccc2nc1C(=O)Nc1ccc(S(=O)(=O)Nc2cccc(F)c2C)cc1. The van der Waals surface area contributed by atoms with Crippen LogP contribution in [0, 0.1) is 25.5 Å². The molecular formula is C29H22F2N4O4S. The fourth-order valence-electron chi connectivity index (χ4n) is 3.86. The second-order valence-electron chi connectivity index (χ2n) is 8.87. The number of nitrogens with one attached hydrogen (secondary N) is 2. The molecule has 5 aromatic rings. The summed E-state index contributed by atoms with van der Waals surface area (Å²) in [6.45, 7) is 3.13. The monoisotopic (exact) mass is 560 g/mol. The zero-order valence-electron chi connectivity index (χ0n) is 21.3. The van der Waals surface area contributed by atoms with Crippen LogP contribution in [-0.2, 0) is 10.0 Å². The lowest BCUT2D eigenvalue weighted by Crippen LogP contribution is -2.17. The van der Waals surface area contributed by atoms with Gasteiger partial charge in [-0.15, -0.1) is 0 Å². The average Bonchev–Trinajstić information content (AvgIpc) is 2.92. The molecule has 202 valence electrons. The molecule has 0 saturated heterocycles. The highest BCUT2D eigenvalue weighted by Crippen LogP contribution is 2.29. The lowest BCUT2D eigenvalue weighted by molar-refractivity contribution is 0.101. The van der Waals surface area contributed by atoms with Crippen LogP contribution in [0.3, 0.4) is 0 Å². The van der Waals surface area contributed by atoms with Crippen LogP contribution in [0.25, 0.3) is 11.0 Å². The number of aromatic nitrogens is 2. The van der Waals surface area contributed by atoms with E-state index in [2.05, 4.69) is 20.0 Å². The van der Waals surface area contributed by atoms with E-state index in [1.54, 1.807) is 31.2 Å². The van der Waals surface area contributed by atoms with Crippen LogP contribution in [-0.4, -0.2) is 24.3 Å². The van der Waals surface area contributed by atoms with Gasteiger partial charge in [0.25, 0.3) is 21.8 Å². The number of carbonyl (C=O) groups is 1. The van der Waals surface area contributed by atoms with Gasteiger partial charge in [-0.3, -0.25) is 9.52 Å². The van der Waals surface area contributed by atoms with Crippen LogP contribution in [0.1, 0.15) is 21.6 Å². The Hall–Kier alpha value is -4.90. The van der Waals surface area contributed by atoms with Gasteiger partial charge < -0.3 is 10.1 Å². The van der Waals surface area contributed by atoms with Crippen LogP contribution >= 0.6 is 0 Å². The fraction of sp³-hybridized carbons (Fsp3) is 0.0690. The molecule has 0 atom stereocenters. The van der Waals surface area contributed by atoms with Gasteiger partial charge in [-0.05, 0) is 86.1 Å². The smallest absolute Gasteiger partial charge is 0.279 e. The summed E-state index contributed by atoms with van der Waals surface area (Å²) in [4.78, 5) is 22.1. The zero-order chi connectivity index (χ0) is 28.4. The van der Waals surface area contributed by atoms with Gasteiger partial charge in [0.05, 0.1) is 21.6 Å². The number of ether oxygens (including phenoxy) is 1. The summed E-state index contributed by atoms with van der Waals surface area (Å²) >= 11 is 0. The number of carbonyl (C=O) groups excluding carboxylic acids is 1. The maximum atomic E-state index is 13.8. The minimum atomic E-state index is -4.02. The van der Waals surface area contributed by atoms with Crippen molar-refractivity contribution >= 4 is 38.3 Å². The van der Waals surface area contributed by atoms with E-state index in [-0.39, 0.29) is 33.4 Å². The zero-order valence-corrected chi connectivity index (χ0v) is 22.1. The van der Waals surface area contributed by atoms with Gasteiger partial charge in [0.1, 0.15) is 17.4 Å². The molecule has 8 nitrogen and oxygen atoms in total. The van der Waals surface area contributed by atoms with Crippen molar-refractivity contribution in [3.63, 3.8) is 0 Å². The molecule has 0 saturated carbocycles. The van der Waals surface area contributed by atoms with E-state index >= 15 is 0 Å². The van der Waals surface area contributed by atoms with Crippen LogP contribution in [0.4, 0.5) is 20.2 Å². The number of hydrogen-bond donors (Lipinski definition) is 2. The number of hydrogen-bond acceptors (Lipinski definition) is 6. The number of nitrogens with zero attached hydrogens (tertiary/aromatic N) is 2. The first-order chi connectivity index (χ1) is 19.1. The van der Waals surface area contributed by atoms with E-state index in [1.807, 2.05) is 0 Å². The number of aryl methyl sites for hydroxylation is 1. The Morgan fingerprint density at radius 2 is 1.55 bits per heavy atom. The summed E-state index contributed by atoms with van der Waals surface area (Å²) in [6.07, 6.45) is 0. The molecule has 5 rings (SSSR count). The Morgan fingerprint density at radius 1 is 0.850 bits per heavy atom. The largest absolute Gasteiger partial charge is 0.437 e. The molecule has 0 fully saturated rings. The highest BCUT2D eigenvalue weighted by atomic mass is 32.2. The van der Waals surface area contributed by atoms with E-state index in [1.165, 1.54) is 67.6 Å². The summed E-state index contributed by atoms with van der Waals surface area (Å²) < 4.78 is 61.3. The molecule has 0 aliphatic rings. The van der Waals surface area contributed by atoms with E-state index in [0.29, 0.717) is 22.3 Å². The van der Waals surface area contributed by atoms with Crippen molar-refractivity contribution in [1.29, 1.82) is 0 Å². The van der Waals surface area contributed by atoms with Crippen molar-refractivity contribution in [3.05, 3.63) is 113 Å². The number of rotatable bonds is 7. The Kier molecular flexibility index (Phi) is 7.14. The van der Waals surface area contributed by atoms with Crippen molar-refractivity contribution in [2.75, 3.05) is 10.0 Å². The Morgan fingerprint density at radius 3 is 2.25 bits per heavy atom. The molecule has 0 radical (unpaired) electrons. The molecule has 11 heteroatoms. The molecule has 0 aliphatic heterocycles. The first kappa shape index (κ1) is 26.7. The van der Waals surface area contributed by atoms with E-state index in [0.717, 1.165) is 0 Å². The van der Waals surface area contributed by atoms with Gasteiger partial charge in [0.2, 0.25) is 0 Å². The molecule has 1 aromatic heterocycles. The molecule has 1 amide bonds. The van der Waals surface area contributed by atoms with Crippen molar-refractivity contribution in [3.8, 4) is 11.6 Å². The number of benzene rings is 4. The molecule has 0 spiro atoms. The minimum absolute atomic E-state index is 0.0835. The summed E-state index contributed by atoms with van der Waals surface area (Å²) in [7, 11) is -4.02. The van der Waals surface area contributed by atoms with Crippen LogP contribution in [0.15, 0.2) is 89.8 Å². The number of amides is 1. The molecule has 2 N–H and O–H groups in total. The molecule has 1 heterocycles. The van der Waals surface area contributed by atoms with Gasteiger partial charge >= 0.3 is 0 Å². The third kappa shape index (κ3) is 5.59. The van der Waals surface area contributed by atoms with E-state index < -0.39 is 27.6 Å².